The molecule has 0 radical (unpaired) electrons. The second-order valence-corrected chi connectivity index (χ2v) is 5.30. The summed E-state index contributed by atoms with van der Waals surface area (Å²) in [6.07, 6.45) is 3.98. The highest BCUT2D eigenvalue weighted by Gasteiger charge is 2.07. The lowest BCUT2D eigenvalue weighted by Crippen LogP contribution is -2.17. The number of nitrogens with zero attached hydrogens (tertiary/aromatic N) is 1. The monoisotopic (exact) mass is 324 g/mol. The van der Waals surface area contributed by atoms with Gasteiger partial charge in [-0.25, -0.2) is 4.39 Å². The van der Waals surface area contributed by atoms with Crippen LogP contribution in [-0.2, 0) is 6.42 Å². The average Bonchev–Trinajstić information content (AvgIpc) is 2.32. The minimum absolute atomic E-state index is 0.0430. The second-order valence-electron chi connectivity index (χ2n) is 4.39. The Morgan fingerprint density at radius 3 is 2.84 bits per heavy atom. The van der Waals surface area contributed by atoms with E-state index in [0.717, 1.165) is 5.56 Å². The van der Waals surface area contributed by atoms with Crippen molar-refractivity contribution in [1.29, 1.82) is 0 Å². The summed E-state index contributed by atoms with van der Waals surface area (Å²) in [6, 6.07) is 6.50. The number of pyridine rings is 1. The first-order valence-electron chi connectivity index (χ1n) is 5.87. The zero-order valence-electron chi connectivity index (χ0n) is 10.4. The normalized spacial score (nSPS) is 12.2. The van der Waals surface area contributed by atoms with E-state index in [-0.39, 0.29) is 11.8 Å². The quantitative estimate of drug-likeness (QED) is 0.933. The van der Waals surface area contributed by atoms with E-state index in [1.54, 1.807) is 24.5 Å². The summed E-state index contributed by atoms with van der Waals surface area (Å²) in [5.74, 6) is 0.245. The Balaban J connectivity index is 2.18. The summed E-state index contributed by atoms with van der Waals surface area (Å²) >= 11 is 3.20. The largest absolute Gasteiger partial charge is 0.453 e. The third-order valence-electron chi connectivity index (χ3n) is 2.45. The second kappa shape index (κ2) is 6.12. The molecule has 1 unspecified atom stereocenters. The summed E-state index contributed by atoms with van der Waals surface area (Å²) < 4.78 is 19.8. The third-order valence-corrected chi connectivity index (χ3v) is 2.94. The zero-order valence-corrected chi connectivity index (χ0v) is 12.0. The zero-order chi connectivity index (χ0) is 13.8. The fourth-order valence-corrected chi connectivity index (χ4v) is 2.02. The van der Waals surface area contributed by atoms with Gasteiger partial charge in [-0.3, -0.25) is 4.98 Å². The fraction of sp³-hybridized carbons (Fsp3) is 0.214. The predicted octanol–water partition coefficient (Wildman–Crippen LogP) is 3.67. The molecule has 0 spiro atoms. The molecule has 2 N–H and O–H groups in total. The van der Waals surface area contributed by atoms with Gasteiger partial charge in [-0.2, -0.15) is 0 Å². The van der Waals surface area contributed by atoms with E-state index in [1.165, 1.54) is 6.07 Å². The average molecular weight is 325 g/mol. The van der Waals surface area contributed by atoms with Gasteiger partial charge in [0.2, 0.25) is 0 Å². The van der Waals surface area contributed by atoms with Crippen molar-refractivity contribution in [2.45, 2.75) is 19.4 Å². The molecule has 0 aliphatic rings. The predicted molar refractivity (Wildman–Crippen MR) is 75.8 cm³/mol. The van der Waals surface area contributed by atoms with Crippen LogP contribution in [0.5, 0.6) is 11.5 Å². The number of ether oxygens (including phenoxy) is 1. The Bertz CT molecular complexity index is 575. The maximum absolute atomic E-state index is 13.7. The Morgan fingerprint density at radius 2 is 2.16 bits per heavy atom. The first-order valence-corrected chi connectivity index (χ1v) is 6.66. The maximum atomic E-state index is 13.7. The van der Waals surface area contributed by atoms with Crippen molar-refractivity contribution in [3.63, 3.8) is 0 Å². The number of hydrogen-bond acceptors (Lipinski definition) is 3. The lowest BCUT2D eigenvalue weighted by Gasteiger charge is -2.09. The van der Waals surface area contributed by atoms with Crippen LogP contribution in [0.3, 0.4) is 0 Å². The summed E-state index contributed by atoms with van der Waals surface area (Å²) in [5, 5.41) is 0. The van der Waals surface area contributed by atoms with Crippen LogP contribution in [0.4, 0.5) is 4.39 Å². The van der Waals surface area contributed by atoms with Gasteiger partial charge in [0.05, 0.1) is 6.20 Å². The minimum Gasteiger partial charge on any atom is -0.453 e. The number of halogens is 2. The van der Waals surface area contributed by atoms with Crippen molar-refractivity contribution in [3.05, 3.63) is 52.5 Å². The van der Waals surface area contributed by atoms with Crippen LogP contribution >= 0.6 is 15.9 Å². The lowest BCUT2D eigenvalue weighted by molar-refractivity contribution is 0.439. The lowest BCUT2D eigenvalue weighted by atomic mass is 10.1. The molecule has 2 aromatic rings. The highest BCUT2D eigenvalue weighted by molar-refractivity contribution is 9.10. The molecule has 1 aromatic carbocycles. The molecule has 0 fully saturated rings. The molecule has 5 heteroatoms. The number of benzene rings is 1. The number of nitrogens with two attached hydrogens (primary N) is 1. The van der Waals surface area contributed by atoms with Gasteiger partial charge in [0.1, 0.15) is 5.75 Å². The Kier molecular flexibility index (Phi) is 4.50. The Hall–Kier alpha value is -1.46. The van der Waals surface area contributed by atoms with Crippen molar-refractivity contribution >= 4 is 15.9 Å². The molecule has 2 rings (SSSR count). The summed E-state index contributed by atoms with van der Waals surface area (Å²) in [6.45, 7) is 1.92. The van der Waals surface area contributed by atoms with E-state index >= 15 is 0 Å². The third kappa shape index (κ3) is 4.01. The van der Waals surface area contributed by atoms with E-state index in [9.17, 15) is 4.39 Å². The smallest absolute Gasteiger partial charge is 0.166 e. The van der Waals surface area contributed by atoms with Crippen LogP contribution < -0.4 is 10.5 Å². The molecule has 0 bridgehead atoms. The molecule has 0 saturated heterocycles. The van der Waals surface area contributed by atoms with Crippen molar-refractivity contribution in [2.75, 3.05) is 0 Å². The SMILES string of the molecule is CC(N)Cc1cncc(Oc2ccc(Br)cc2F)c1. The molecule has 19 heavy (non-hydrogen) atoms. The fourth-order valence-electron chi connectivity index (χ4n) is 1.69. The van der Waals surface area contributed by atoms with Crippen molar-refractivity contribution in [2.24, 2.45) is 5.73 Å². The van der Waals surface area contributed by atoms with Gasteiger partial charge < -0.3 is 10.5 Å². The van der Waals surface area contributed by atoms with Crippen molar-refractivity contribution in [3.8, 4) is 11.5 Å². The molecule has 0 amide bonds. The van der Waals surface area contributed by atoms with Gasteiger partial charge in [0.25, 0.3) is 0 Å². The molecular weight excluding hydrogens is 311 g/mol. The topological polar surface area (TPSA) is 48.1 Å². The Morgan fingerprint density at radius 1 is 1.37 bits per heavy atom. The van der Waals surface area contributed by atoms with Gasteiger partial charge >= 0.3 is 0 Å². The molecule has 0 aliphatic carbocycles. The minimum atomic E-state index is -0.424. The standard InChI is InChI=1S/C14H14BrFN2O/c1-9(17)4-10-5-12(8-18-7-10)19-14-3-2-11(15)6-13(14)16/h2-3,5-9H,4,17H2,1H3. The summed E-state index contributed by atoms with van der Waals surface area (Å²) in [4.78, 5) is 4.07. The van der Waals surface area contributed by atoms with Gasteiger partial charge in [-0.15, -0.1) is 0 Å². The molecule has 1 atom stereocenters. The molecule has 0 saturated carbocycles. The van der Waals surface area contributed by atoms with E-state index in [2.05, 4.69) is 20.9 Å². The molecule has 0 aliphatic heterocycles. The molecule has 3 nitrogen and oxygen atoms in total. The summed E-state index contributed by atoms with van der Waals surface area (Å²) in [7, 11) is 0. The van der Waals surface area contributed by atoms with Crippen LogP contribution in [0, 0.1) is 5.82 Å². The number of aromatic nitrogens is 1. The highest BCUT2D eigenvalue weighted by atomic mass is 79.9. The molecular formula is C14H14BrFN2O. The summed E-state index contributed by atoms with van der Waals surface area (Å²) in [5.41, 5.74) is 6.70. The van der Waals surface area contributed by atoms with Crippen LogP contribution in [0.2, 0.25) is 0 Å². The van der Waals surface area contributed by atoms with Gasteiger partial charge in [0, 0.05) is 16.7 Å². The van der Waals surface area contributed by atoms with Gasteiger partial charge in [-0.05, 0) is 43.2 Å². The van der Waals surface area contributed by atoms with Crippen LogP contribution in [-0.4, -0.2) is 11.0 Å². The van der Waals surface area contributed by atoms with Crippen LogP contribution in [0.15, 0.2) is 41.1 Å². The molecule has 1 heterocycles. The molecule has 100 valence electrons. The van der Waals surface area contributed by atoms with Crippen LogP contribution in [0.25, 0.3) is 0 Å². The van der Waals surface area contributed by atoms with Crippen LogP contribution in [0.1, 0.15) is 12.5 Å². The van der Waals surface area contributed by atoms with E-state index in [1.807, 2.05) is 13.0 Å². The van der Waals surface area contributed by atoms with Crippen molar-refractivity contribution < 1.29 is 9.13 Å². The number of rotatable bonds is 4. The first kappa shape index (κ1) is 14.0. The van der Waals surface area contributed by atoms with Crippen molar-refractivity contribution in [1.82, 2.24) is 4.98 Å². The highest BCUT2D eigenvalue weighted by Crippen LogP contribution is 2.26. The number of hydrogen-bond donors (Lipinski definition) is 1. The first-order chi connectivity index (χ1) is 9.04. The maximum Gasteiger partial charge on any atom is 0.166 e. The van der Waals surface area contributed by atoms with Gasteiger partial charge in [-0.1, -0.05) is 15.9 Å². The van der Waals surface area contributed by atoms with Gasteiger partial charge in [0.15, 0.2) is 11.6 Å². The van der Waals surface area contributed by atoms with E-state index in [4.69, 9.17) is 10.5 Å². The van der Waals surface area contributed by atoms with E-state index in [0.29, 0.717) is 16.6 Å². The Labute approximate surface area is 119 Å². The molecule has 1 aromatic heterocycles. The van der Waals surface area contributed by atoms with E-state index < -0.39 is 5.82 Å².